The van der Waals surface area contributed by atoms with Gasteiger partial charge in [0.15, 0.2) is 0 Å². The second-order valence-corrected chi connectivity index (χ2v) is 8.02. The SMILES string of the molecule is Cc1[nH]nc(CCC(=O)N2C[C@@H]3COCC[C@]3(O)[C@H]3COCC[C@H]32)c1C. The van der Waals surface area contributed by atoms with Crippen molar-refractivity contribution in [2.75, 3.05) is 33.0 Å². The Morgan fingerprint density at radius 1 is 1.35 bits per heavy atom. The number of aryl methyl sites for hydroxylation is 2. The molecule has 0 unspecified atom stereocenters. The highest BCUT2D eigenvalue weighted by molar-refractivity contribution is 5.77. The number of hydrogen-bond donors (Lipinski definition) is 2. The summed E-state index contributed by atoms with van der Waals surface area (Å²) in [5, 5.41) is 18.6. The Hall–Kier alpha value is -1.44. The van der Waals surface area contributed by atoms with Crippen LogP contribution in [0.5, 0.6) is 0 Å². The molecule has 7 heteroatoms. The lowest BCUT2D eigenvalue weighted by Crippen LogP contribution is -2.68. The highest BCUT2D eigenvalue weighted by Crippen LogP contribution is 2.44. The highest BCUT2D eigenvalue weighted by atomic mass is 16.5. The van der Waals surface area contributed by atoms with Crippen molar-refractivity contribution in [1.29, 1.82) is 0 Å². The zero-order valence-electron chi connectivity index (χ0n) is 15.7. The van der Waals surface area contributed by atoms with Crippen molar-refractivity contribution in [2.45, 2.75) is 51.2 Å². The van der Waals surface area contributed by atoms with Gasteiger partial charge in [-0.3, -0.25) is 9.89 Å². The summed E-state index contributed by atoms with van der Waals surface area (Å²) in [6, 6.07) is 0.0672. The van der Waals surface area contributed by atoms with E-state index in [-0.39, 0.29) is 23.8 Å². The summed E-state index contributed by atoms with van der Waals surface area (Å²) in [6.07, 6.45) is 2.52. The van der Waals surface area contributed by atoms with Crippen molar-refractivity contribution in [2.24, 2.45) is 11.8 Å². The van der Waals surface area contributed by atoms with Crippen LogP contribution in [0.2, 0.25) is 0 Å². The van der Waals surface area contributed by atoms with Gasteiger partial charge in [0, 0.05) is 62.6 Å². The quantitative estimate of drug-likeness (QED) is 0.836. The molecule has 144 valence electrons. The molecule has 26 heavy (non-hydrogen) atoms. The Morgan fingerprint density at radius 2 is 2.15 bits per heavy atom. The molecule has 3 aliphatic heterocycles. The first kappa shape index (κ1) is 17.9. The van der Waals surface area contributed by atoms with Crippen molar-refractivity contribution in [3.05, 3.63) is 17.0 Å². The van der Waals surface area contributed by atoms with Gasteiger partial charge in [0.25, 0.3) is 0 Å². The maximum absolute atomic E-state index is 13.0. The summed E-state index contributed by atoms with van der Waals surface area (Å²) in [7, 11) is 0. The summed E-state index contributed by atoms with van der Waals surface area (Å²) < 4.78 is 11.3. The minimum Gasteiger partial charge on any atom is -0.389 e. The minimum atomic E-state index is -0.768. The van der Waals surface area contributed by atoms with E-state index in [1.165, 1.54) is 0 Å². The number of H-pyrrole nitrogens is 1. The molecule has 3 saturated heterocycles. The van der Waals surface area contributed by atoms with Crippen LogP contribution in [-0.4, -0.2) is 70.7 Å². The number of likely N-dealkylation sites (tertiary alicyclic amines) is 1. The van der Waals surface area contributed by atoms with Crippen LogP contribution >= 0.6 is 0 Å². The fourth-order valence-electron chi connectivity index (χ4n) is 4.89. The number of hydrogen-bond acceptors (Lipinski definition) is 5. The van der Waals surface area contributed by atoms with Gasteiger partial charge in [0.05, 0.1) is 24.5 Å². The van der Waals surface area contributed by atoms with Gasteiger partial charge >= 0.3 is 0 Å². The predicted molar refractivity (Wildman–Crippen MR) is 94.7 cm³/mol. The Kier molecular flexibility index (Phi) is 4.79. The van der Waals surface area contributed by atoms with E-state index in [0.717, 1.165) is 23.4 Å². The van der Waals surface area contributed by atoms with Crippen molar-refractivity contribution >= 4 is 5.91 Å². The lowest BCUT2D eigenvalue weighted by molar-refractivity contribution is -0.219. The zero-order chi connectivity index (χ0) is 18.3. The topological polar surface area (TPSA) is 87.7 Å². The highest BCUT2D eigenvalue weighted by Gasteiger charge is 2.56. The number of carbonyl (C=O) groups excluding carboxylic acids is 1. The standard InChI is InChI=1S/C19H29N3O4/c1-12-13(2)20-21-16(12)3-4-18(23)22-9-14-10-26-8-6-19(14,24)15-11-25-7-5-17(15)22/h14-15,17,24H,3-11H2,1-2H3,(H,20,21)/t14-,15+,17-,19-/m1/s1. The monoisotopic (exact) mass is 363 g/mol. The molecule has 0 aromatic carbocycles. The van der Waals surface area contributed by atoms with Crippen LogP contribution in [0.3, 0.4) is 0 Å². The number of rotatable bonds is 3. The van der Waals surface area contributed by atoms with Crippen LogP contribution in [-0.2, 0) is 20.7 Å². The smallest absolute Gasteiger partial charge is 0.223 e. The Morgan fingerprint density at radius 3 is 2.92 bits per heavy atom. The largest absolute Gasteiger partial charge is 0.389 e. The molecule has 4 rings (SSSR count). The minimum absolute atomic E-state index is 0.0165. The van der Waals surface area contributed by atoms with E-state index in [2.05, 4.69) is 10.2 Å². The van der Waals surface area contributed by atoms with Crippen LogP contribution in [0.1, 0.15) is 36.2 Å². The summed E-state index contributed by atoms with van der Waals surface area (Å²) in [6.45, 7) is 6.89. The molecule has 1 aromatic rings. The number of amides is 1. The van der Waals surface area contributed by atoms with E-state index in [0.29, 0.717) is 52.2 Å². The molecule has 3 fully saturated rings. The Bertz CT molecular complexity index is 676. The molecular formula is C19H29N3O4. The Balaban J connectivity index is 1.49. The third-order valence-corrected chi connectivity index (χ3v) is 6.70. The van der Waals surface area contributed by atoms with E-state index >= 15 is 0 Å². The first-order valence-electron chi connectivity index (χ1n) is 9.68. The third kappa shape index (κ3) is 2.96. The number of ether oxygens (including phenoxy) is 2. The summed E-state index contributed by atoms with van der Waals surface area (Å²) in [5.74, 6) is 0.101. The molecule has 0 saturated carbocycles. The van der Waals surface area contributed by atoms with Crippen LogP contribution in [0.4, 0.5) is 0 Å². The van der Waals surface area contributed by atoms with Gasteiger partial charge in [-0.05, 0) is 25.8 Å². The zero-order valence-corrected chi connectivity index (χ0v) is 15.7. The molecule has 1 amide bonds. The van der Waals surface area contributed by atoms with Gasteiger partial charge in [-0.25, -0.2) is 0 Å². The third-order valence-electron chi connectivity index (χ3n) is 6.70. The molecule has 1 aromatic heterocycles. The number of fused-ring (bicyclic) bond motifs is 3. The molecule has 4 atom stereocenters. The molecule has 0 radical (unpaired) electrons. The fraction of sp³-hybridized carbons (Fsp3) is 0.789. The fourth-order valence-corrected chi connectivity index (χ4v) is 4.89. The van der Waals surface area contributed by atoms with Gasteiger partial charge in [-0.15, -0.1) is 0 Å². The molecule has 4 heterocycles. The molecule has 2 N–H and O–H groups in total. The first-order chi connectivity index (χ1) is 12.5. The number of nitrogens with one attached hydrogen (secondary N) is 1. The lowest BCUT2D eigenvalue weighted by Gasteiger charge is -2.57. The van der Waals surface area contributed by atoms with E-state index in [1.807, 2.05) is 18.7 Å². The van der Waals surface area contributed by atoms with Crippen LogP contribution in [0.25, 0.3) is 0 Å². The molecule has 0 spiro atoms. The van der Waals surface area contributed by atoms with Crippen molar-refractivity contribution in [3.8, 4) is 0 Å². The average molecular weight is 363 g/mol. The van der Waals surface area contributed by atoms with Gasteiger partial charge in [0.2, 0.25) is 5.91 Å². The van der Waals surface area contributed by atoms with E-state index in [1.54, 1.807) is 0 Å². The van der Waals surface area contributed by atoms with Gasteiger partial charge in [0.1, 0.15) is 0 Å². The summed E-state index contributed by atoms with van der Waals surface area (Å²) in [4.78, 5) is 15.0. The first-order valence-corrected chi connectivity index (χ1v) is 9.68. The van der Waals surface area contributed by atoms with E-state index in [9.17, 15) is 9.90 Å². The maximum atomic E-state index is 13.0. The van der Waals surface area contributed by atoms with E-state index < -0.39 is 5.60 Å². The summed E-state index contributed by atoms with van der Waals surface area (Å²) >= 11 is 0. The Labute approximate surface area is 154 Å². The number of aromatic nitrogens is 2. The van der Waals surface area contributed by atoms with Crippen LogP contribution in [0.15, 0.2) is 0 Å². The molecular weight excluding hydrogens is 334 g/mol. The van der Waals surface area contributed by atoms with Crippen LogP contribution in [0, 0.1) is 25.7 Å². The maximum Gasteiger partial charge on any atom is 0.223 e. The predicted octanol–water partition coefficient (Wildman–Crippen LogP) is 0.974. The summed E-state index contributed by atoms with van der Waals surface area (Å²) in [5.41, 5.74) is 2.39. The second kappa shape index (κ2) is 6.94. The van der Waals surface area contributed by atoms with Crippen molar-refractivity contribution in [3.63, 3.8) is 0 Å². The van der Waals surface area contributed by atoms with Crippen molar-refractivity contribution in [1.82, 2.24) is 15.1 Å². The van der Waals surface area contributed by atoms with Gasteiger partial charge in [-0.1, -0.05) is 0 Å². The number of carbonyl (C=O) groups is 1. The lowest BCUT2D eigenvalue weighted by atomic mass is 9.66. The second-order valence-electron chi connectivity index (χ2n) is 8.02. The molecule has 0 aliphatic carbocycles. The van der Waals surface area contributed by atoms with Crippen molar-refractivity contribution < 1.29 is 19.4 Å². The number of aliphatic hydroxyl groups is 1. The normalized spacial score (nSPS) is 34.3. The average Bonchev–Trinajstić information content (AvgIpc) is 2.97. The van der Waals surface area contributed by atoms with Gasteiger partial charge in [-0.2, -0.15) is 5.10 Å². The molecule has 3 aliphatic rings. The van der Waals surface area contributed by atoms with Crippen LogP contribution < -0.4 is 0 Å². The van der Waals surface area contributed by atoms with E-state index in [4.69, 9.17) is 9.47 Å². The number of nitrogens with zero attached hydrogens (tertiary/aromatic N) is 2. The number of aromatic amines is 1. The van der Waals surface area contributed by atoms with Gasteiger partial charge < -0.3 is 19.5 Å². The number of piperidine rings is 1. The molecule has 7 nitrogen and oxygen atoms in total. The molecule has 0 bridgehead atoms.